The molecule has 0 fully saturated rings. The van der Waals surface area contributed by atoms with E-state index in [1.165, 1.54) is 24.3 Å². The van der Waals surface area contributed by atoms with Gasteiger partial charge in [-0.3, -0.25) is 0 Å². The molecule has 0 aromatic heterocycles. The molecule has 0 unspecified atom stereocenters. The molecule has 2 nitrogen and oxygen atoms in total. The number of carboxylic acids is 1. The van der Waals surface area contributed by atoms with Crippen molar-refractivity contribution in [3.63, 3.8) is 0 Å². The summed E-state index contributed by atoms with van der Waals surface area (Å²) in [5.41, 5.74) is 1.33. The van der Waals surface area contributed by atoms with E-state index in [0.717, 1.165) is 0 Å². The molecule has 2 aromatic rings. The molecule has 0 amide bonds. The topological polar surface area (TPSA) is 37.3 Å². The lowest BCUT2D eigenvalue weighted by atomic mass is 10.0. The summed E-state index contributed by atoms with van der Waals surface area (Å²) in [6.07, 6.45) is 0. The van der Waals surface area contributed by atoms with Gasteiger partial charge in [-0.2, -0.15) is 0 Å². The number of hydrogen-bond acceptors (Lipinski definition) is 1. The van der Waals surface area contributed by atoms with Gasteiger partial charge < -0.3 is 5.11 Å². The maximum atomic E-state index is 13.1. The molecule has 86 valence electrons. The van der Waals surface area contributed by atoms with Crippen LogP contribution in [0.4, 0.5) is 4.39 Å². The van der Waals surface area contributed by atoms with Gasteiger partial charge in [-0.1, -0.05) is 29.8 Å². The van der Waals surface area contributed by atoms with Crippen LogP contribution in [-0.4, -0.2) is 11.1 Å². The molecule has 0 saturated heterocycles. The maximum absolute atomic E-state index is 13.1. The highest BCUT2D eigenvalue weighted by Gasteiger charge is 2.08. The van der Waals surface area contributed by atoms with Crippen molar-refractivity contribution in [2.75, 3.05) is 0 Å². The minimum absolute atomic E-state index is 0.107. The Morgan fingerprint density at radius 1 is 1.18 bits per heavy atom. The zero-order valence-corrected chi connectivity index (χ0v) is 9.41. The summed E-state index contributed by atoms with van der Waals surface area (Å²) >= 11 is 5.97. The molecule has 2 rings (SSSR count). The molecule has 0 spiro atoms. The summed E-state index contributed by atoms with van der Waals surface area (Å²) in [6, 6.07) is 10.3. The molecular weight excluding hydrogens is 243 g/mol. The molecule has 0 heterocycles. The molecule has 17 heavy (non-hydrogen) atoms. The van der Waals surface area contributed by atoms with Gasteiger partial charge in [-0.05, 0) is 29.8 Å². The van der Waals surface area contributed by atoms with Gasteiger partial charge in [0.2, 0.25) is 0 Å². The van der Waals surface area contributed by atoms with Gasteiger partial charge in [-0.15, -0.1) is 0 Å². The van der Waals surface area contributed by atoms with Crippen LogP contribution in [0.15, 0.2) is 42.5 Å². The second-order valence-corrected chi connectivity index (χ2v) is 3.92. The van der Waals surface area contributed by atoms with Crippen molar-refractivity contribution < 1.29 is 14.3 Å². The largest absolute Gasteiger partial charge is 0.478 e. The number of carbonyl (C=O) groups is 1. The normalized spacial score (nSPS) is 10.2. The minimum Gasteiger partial charge on any atom is -0.478 e. The summed E-state index contributed by atoms with van der Waals surface area (Å²) in [7, 11) is 0. The first-order valence-corrected chi connectivity index (χ1v) is 5.24. The van der Waals surface area contributed by atoms with Crippen molar-refractivity contribution in [2.45, 2.75) is 0 Å². The quantitative estimate of drug-likeness (QED) is 0.879. The van der Waals surface area contributed by atoms with Crippen LogP contribution in [0.25, 0.3) is 11.1 Å². The molecular formula is C13H8ClFO2. The third kappa shape index (κ3) is 2.45. The Labute approximate surface area is 102 Å². The molecule has 4 heteroatoms. The van der Waals surface area contributed by atoms with Crippen molar-refractivity contribution in [3.8, 4) is 11.1 Å². The van der Waals surface area contributed by atoms with Gasteiger partial charge >= 0.3 is 5.97 Å². The molecule has 1 N–H and O–H groups in total. The van der Waals surface area contributed by atoms with E-state index < -0.39 is 5.97 Å². The minimum atomic E-state index is -1.04. The van der Waals surface area contributed by atoms with E-state index in [-0.39, 0.29) is 16.4 Å². The van der Waals surface area contributed by atoms with Crippen LogP contribution in [0, 0.1) is 5.82 Å². The zero-order valence-electron chi connectivity index (χ0n) is 8.65. The van der Waals surface area contributed by atoms with Crippen molar-refractivity contribution >= 4 is 17.6 Å². The summed E-state index contributed by atoms with van der Waals surface area (Å²) < 4.78 is 13.1. The van der Waals surface area contributed by atoms with Crippen molar-refractivity contribution in [3.05, 3.63) is 58.9 Å². The Morgan fingerprint density at radius 2 is 1.94 bits per heavy atom. The Hall–Kier alpha value is -1.87. The first-order chi connectivity index (χ1) is 8.08. The SMILES string of the molecule is O=C(O)c1ccc(-c2cccc(F)c2)c(Cl)c1. The number of aromatic carboxylic acids is 1. The van der Waals surface area contributed by atoms with E-state index >= 15 is 0 Å². The van der Waals surface area contributed by atoms with Gasteiger partial charge in [0.25, 0.3) is 0 Å². The number of benzene rings is 2. The van der Waals surface area contributed by atoms with E-state index in [1.807, 2.05) is 0 Å². The van der Waals surface area contributed by atoms with Gasteiger partial charge in [0, 0.05) is 10.6 Å². The van der Waals surface area contributed by atoms with Crippen LogP contribution in [-0.2, 0) is 0 Å². The van der Waals surface area contributed by atoms with Crippen LogP contribution in [0.2, 0.25) is 5.02 Å². The molecule has 0 radical (unpaired) electrons. The lowest BCUT2D eigenvalue weighted by Crippen LogP contribution is -1.96. The number of carboxylic acid groups (broad SMARTS) is 1. The van der Waals surface area contributed by atoms with Gasteiger partial charge in [0.05, 0.1) is 5.56 Å². The van der Waals surface area contributed by atoms with Crippen LogP contribution in [0.3, 0.4) is 0 Å². The summed E-state index contributed by atoms with van der Waals surface area (Å²) in [5.74, 6) is -1.40. The number of halogens is 2. The van der Waals surface area contributed by atoms with Crippen molar-refractivity contribution in [2.24, 2.45) is 0 Å². The average Bonchev–Trinajstić information content (AvgIpc) is 2.28. The molecule has 0 bridgehead atoms. The number of rotatable bonds is 2. The lowest BCUT2D eigenvalue weighted by molar-refractivity contribution is 0.0697. The third-order valence-electron chi connectivity index (χ3n) is 2.35. The fourth-order valence-corrected chi connectivity index (χ4v) is 1.83. The molecule has 0 aliphatic heterocycles. The first-order valence-electron chi connectivity index (χ1n) is 4.87. The summed E-state index contributed by atoms with van der Waals surface area (Å²) in [5, 5.41) is 9.08. The van der Waals surface area contributed by atoms with E-state index in [4.69, 9.17) is 16.7 Å². The van der Waals surface area contributed by atoms with E-state index in [1.54, 1.807) is 18.2 Å². The molecule has 0 saturated carbocycles. The second-order valence-electron chi connectivity index (χ2n) is 3.51. The third-order valence-corrected chi connectivity index (χ3v) is 2.66. The van der Waals surface area contributed by atoms with Crippen LogP contribution in [0.1, 0.15) is 10.4 Å². The monoisotopic (exact) mass is 250 g/mol. The van der Waals surface area contributed by atoms with Gasteiger partial charge in [0.1, 0.15) is 5.82 Å². The Morgan fingerprint density at radius 3 is 2.53 bits per heavy atom. The Balaban J connectivity index is 2.50. The predicted molar refractivity (Wildman–Crippen MR) is 63.8 cm³/mol. The Kier molecular flexibility index (Phi) is 3.11. The fourth-order valence-electron chi connectivity index (χ4n) is 1.54. The predicted octanol–water partition coefficient (Wildman–Crippen LogP) is 3.84. The van der Waals surface area contributed by atoms with Crippen molar-refractivity contribution in [1.29, 1.82) is 0 Å². The Bertz CT molecular complexity index is 581. The molecule has 0 aliphatic carbocycles. The van der Waals surface area contributed by atoms with E-state index in [2.05, 4.69) is 0 Å². The molecule has 2 aromatic carbocycles. The highest BCUT2D eigenvalue weighted by atomic mass is 35.5. The van der Waals surface area contributed by atoms with Crippen LogP contribution in [0.5, 0.6) is 0 Å². The summed E-state index contributed by atoms with van der Waals surface area (Å²) in [6.45, 7) is 0. The lowest BCUT2D eigenvalue weighted by Gasteiger charge is -2.05. The zero-order chi connectivity index (χ0) is 12.4. The molecule has 0 aliphatic rings. The fraction of sp³-hybridized carbons (Fsp3) is 0. The second kappa shape index (κ2) is 4.55. The standard InChI is InChI=1S/C13H8ClFO2/c14-12-7-9(13(16)17)4-5-11(12)8-2-1-3-10(15)6-8/h1-7H,(H,16,17). The van der Waals surface area contributed by atoms with Crippen LogP contribution >= 0.6 is 11.6 Å². The smallest absolute Gasteiger partial charge is 0.335 e. The maximum Gasteiger partial charge on any atom is 0.335 e. The molecule has 0 atom stereocenters. The van der Waals surface area contributed by atoms with E-state index in [0.29, 0.717) is 11.1 Å². The van der Waals surface area contributed by atoms with Crippen LogP contribution < -0.4 is 0 Å². The highest BCUT2D eigenvalue weighted by molar-refractivity contribution is 6.33. The first kappa shape index (κ1) is 11.6. The van der Waals surface area contributed by atoms with E-state index in [9.17, 15) is 9.18 Å². The highest BCUT2D eigenvalue weighted by Crippen LogP contribution is 2.29. The average molecular weight is 251 g/mol. The van der Waals surface area contributed by atoms with Gasteiger partial charge in [-0.25, -0.2) is 9.18 Å². The number of hydrogen-bond donors (Lipinski definition) is 1. The van der Waals surface area contributed by atoms with Crippen molar-refractivity contribution in [1.82, 2.24) is 0 Å². The summed E-state index contributed by atoms with van der Waals surface area (Å²) in [4.78, 5) is 10.7. The van der Waals surface area contributed by atoms with Gasteiger partial charge in [0.15, 0.2) is 0 Å².